The minimum absolute atomic E-state index is 0.137. The third kappa shape index (κ3) is 4.70. The molecule has 1 aliphatic rings. The van der Waals surface area contributed by atoms with Crippen molar-refractivity contribution in [2.45, 2.75) is 26.1 Å². The molecule has 32 heavy (non-hydrogen) atoms. The summed E-state index contributed by atoms with van der Waals surface area (Å²) < 4.78 is 24.7. The second kappa shape index (κ2) is 9.75. The number of para-hydroxylation sites is 1. The summed E-state index contributed by atoms with van der Waals surface area (Å²) in [5, 5.41) is 16.5. The molecule has 0 aliphatic carbocycles. The van der Waals surface area contributed by atoms with Gasteiger partial charge in [-0.05, 0) is 80.1 Å². The molecule has 4 N–H and O–H groups in total. The molecule has 0 amide bonds. The van der Waals surface area contributed by atoms with Gasteiger partial charge in [0.1, 0.15) is 17.6 Å². The number of ether oxygens (including phenoxy) is 2. The van der Waals surface area contributed by atoms with E-state index in [2.05, 4.69) is 16.7 Å². The smallest absolute Gasteiger partial charge is 0.186 e. The number of hydrogen-bond donors (Lipinski definition) is 3. The molecule has 0 radical (unpaired) electrons. The van der Waals surface area contributed by atoms with Crippen LogP contribution in [0.4, 0.5) is 4.39 Å². The Morgan fingerprint density at radius 3 is 2.34 bits per heavy atom. The van der Waals surface area contributed by atoms with Crippen molar-refractivity contribution in [1.82, 2.24) is 5.32 Å². The molecule has 0 aromatic heterocycles. The maximum absolute atomic E-state index is 13.5. The third-order valence-corrected chi connectivity index (χ3v) is 5.45. The normalized spacial score (nSPS) is 17.9. The molecule has 166 valence electrons. The number of aromatic hydroxyl groups is 1. The average molecular weight is 436 g/mol. The van der Waals surface area contributed by atoms with E-state index in [-0.39, 0.29) is 23.8 Å². The molecule has 4 rings (SSSR count). The van der Waals surface area contributed by atoms with E-state index in [0.29, 0.717) is 19.0 Å². The first kappa shape index (κ1) is 21.7. The Balaban J connectivity index is 1.73. The van der Waals surface area contributed by atoms with E-state index in [4.69, 9.17) is 9.47 Å². The van der Waals surface area contributed by atoms with Crippen molar-refractivity contribution < 1.29 is 24.3 Å². The number of rotatable bonds is 7. The molecular formula is C26H28FN2O3+. The number of hydrogen-bond acceptors (Lipinski definition) is 4. The number of nitrogens with two attached hydrogens (primary N) is 1. The van der Waals surface area contributed by atoms with E-state index < -0.39 is 0 Å². The van der Waals surface area contributed by atoms with Gasteiger partial charge in [-0.1, -0.05) is 6.07 Å². The molecule has 0 saturated carbocycles. The Morgan fingerprint density at radius 1 is 0.938 bits per heavy atom. The Kier molecular flexibility index (Phi) is 6.61. The van der Waals surface area contributed by atoms with Gasteiger partial charge >= 0.3 is 0 Å². The van der Waals surface area contributed by atoms with Crippen LogP contribution in [-0.4, -0.2) is 18.3 Å². The van der Waals surface area contributed by atoms with Gasteiger partial charge in [-0.15, -0.1) is 0 Å². The van der Waals surface area contributed by atoms with Crippen molar-refractivity contribution in [3.05, 3.63) is 95.3 Å². The standard InChI is InChI=1S/C26H27FN2O3/c1-3-31-20-14-10-17(11-15-20)22-16-23(21-6-5-7-24(25(21)30)32-4-2)29-26(28-22)18-8-12-19(27)13-9-18/h5-16,23,26,28-30H,3-4H2,1-2H3/p+1. The summed E-state index contributed by atoms with van der Waals surface area (Å²) in [4.78, 5) is 0. The zero-order valence-corrected chi connectivity index (χ0v) is 18.2. The number of phenolic OH excluding ortho intramolecular Hbond substituents is 1. The van der Waals surface area contributed by atoms with Crippen LogP contribution in [0.1, 0.15) is 42.7 Å². The quantitative estimate of drug-likeness (QED) is 0.518. The van der Waals surface area contributed by atoms with Crippen LogP contribution in [0.15, 0.2) is 72.8 Å². The molecule has 0 bridgehead atoms. The van der Waals surface area contributed by atoms with Crippen LogP contribution in [0, 0.1) is 5.82 Å². The number of quaternary nitrogens is 1. The molecule has 2 unspecified atom stereocenters. The molecule has 3 aromatic rings. The molecule has 0 spiro atoms. The zero-order chi connectivity index (χ0) is 22.5. The van der Waals surface area contributed by atoms with Crippen LogP contribution in [0.3, 0.4) is 0 Å². The summed E-state index contributed by atoms with van der Waals surface area (Å²) >= 11 is 0. The molecule has 6 heteroatoms. The van der Waals surface area contributed by atoms with Crippen molar-refractivity contribution in [2.24, 2.45) is 0 Å². The van der Waals surface area contributed by atoms with Gasteiger partial charge in [0, 0.05) is 17.3 Å². The summed E-state index contributed by atoms with van der Waals surface area (Å²) in [6, 6.07) is 19.7. The highest BCUT2D eigenvalue weighted by molar-refractivity contribution is 5.66. The van der Waals surface area contributed by atoms with Gasteiger partial charge in [0.05, 0.1) is 18.8 Å². The van der Waals surface area contributed by atoms with Gasteiger partial charge in [-0.3, -0.25) is 0 Å². The second-order valence-electron chi connectivity index (χ2n) is 7.56. The number of benzene rings is 3. The summed E-state index contributed by atoms with van der Waals surface area (Å²) in [5.41, 5.74) is 3.62. The van der Waals surface area contributed by atoms with Crippen LogP contribution in [0.5, 0.6) is 17.2 Å². The molecule has 0 saturated heterocycles. The Morgan fingerprint density at radius 2 is 1.66 bits per heavy atom. The molecule has 0 fully saturated rings. The molecule has 3 aromatic carbocycles. The maximum Gasteiger partial charge on any atom is 0.186 e. The molecule has 1 heterocycles. The first-order valence-corrected chi connectivity index (χ1v) is 10.9. The highest BCUT2D eigenvalue weighted by Crippen LogP contribution is 2.35. The minimum Gasteiger partial charge on any atom is -0.504 e. The second-order valence-corrected chi connectivity index (χ2v) is 7.56. The van der Waals surface area contributed by atoms with Crippen LogP contribution in [-0.2, 0) is 0 Å². The first-order valence-electron chi connectivity index (χ1n) is 10.9. The lowest BCUT2D eigenvalue weighted by molar-refractivity contribution is -0.731. The average Bonchev–Trinajstić information content (AvgIpc) is 2.81. The predicted molar refractivity (Wildman–Crippen MR) is 122 cm³/mol. The van der Waals surface area contributed by atoms with Crippen molar-refractivity contribution in [3.63, 3.8) is 0 Å². The van der Waals surface area contributed by atoms with E-state index in [1.165, 1.54) is 12.1 Å². The molecule has 1 aliphatic heterocycles. The lowest BCUT2D eigenvalue weighted by Gasteiger charge is -2.30. The topological polar surface area (TPSA) is 67.3 Å². The molecule has 5 nitrogen and oxygen atoms in total. The minimum atomic E-state index is -0.273. The fourth-order valence-electron chi connectivity index (χ4n) is 3.92. The lowest BCUT2D eigenvalue weighted by atomic mass is 9.97. The van der Waals surface area contributed by atoms with Gasteiger partial charge in [-0.2, -0.15) is 0 Å². The van der Waals surface area contributed by atoms with Crippen molar-refractivity contribution >= 4 is 5.70 Å². The van der Waals surface area contributed by atoms with Gasteiger partial charge in [0.15, 0.2) is 17.7 Å². The summed E-state index contributed by atoms with van der Waals surface area (Å²) in [6.07, 6.45) is 1.92. The lowest BCUT2D eigenvalue weighted by Crippen LogP contribution is -2.89. The fourth-order valence-corrected chi connectivity index (χ4v) is 3.92. The van der Waals surface area contributed by atoms with Gasteiger partial charge in [-0.25, -0.2) is 4.39 Å². The molecule has 2 atom stereocenters. The van der Waals surface area contributed by atoms with E-state index >= 15 is 0 Å². The first-order chi connectivity index (χ1) is 15.6. The summed E-state index contributed by atoms with van der Waals surface area (Å²) in [5.74, 6) is 1.14. The Labute approximate surface area is 187 Å². The number of phenols is 1. The summed E-state index contributed by atoms with van der Waals surface area (Å²) in [7, 11) is 0. The SMILES string of the molecule is CCOc1ccc(C2=CC(c3cccc(OCC)c3O)[NH2+]C(c3ccc(F)cc3)N2)cc1. The van der Waals surface area contributed by atoms with E-state index in [1.807, 2.05) is 50.2 Å². The predicted octanol–water partition coefficient (Wildman–Crippen LogP) is 4.28. The Bertz CT molecular complexity index is 1080. The fraction of sp³-hybridized carbons (Fsp3) is 0.231. The van der Waals surface area contributed by atoms with E-state index in [9.17, 15) is 9.50 Å². The van der Waals surface area contributed by atoms with Crippen molar-refractivity contribution in [3.8, 4) is 17.2 Å². The number of halogens is 1. The van der Waals surface area contributed by atoms with Crippen molar-refractivity contribution in [1.29, 1.82) is 0 Å². The molecular weight excluding hydrogens is 407 g/mol. The van der Waals surface area contributed by atoms with E-state index in [0.717, 1.165) is 28.1 Å². The highest BCUT2D eigenvalue weighted by Gasteiger charge is 2.30. The largest absolute Gasteiger partial charge is 0.504 e. The number of nitrogens with one attached hydrogen (secondary N) is 1. The highest BCUT2D eigenvalue weighted by atomic mass is 19.1. The zero-order valence-electron chi connectivity index (χ0n) is 18.2. The summed E-state index contributed by atoms with van der Waals surface area (Å²) in [6.45, 7) is 4.92. The van der Waals surface area contributed by atoms with Crippen molar-refractivity contribution in [2.75, 3.05) is 13.2 Å². The third-order valence-electron chi connectivity index (χ3n) is 5.45. The van der Waals surface area contributed by atoms with Crippen LogP contribution in [0.25, 0.3) is 5.70 Å². The monoisotopic (exact) mass is 435 g/mol. The Hall–Kier alpha value is -3.51. The van der Waals surface area contributed by atoms with Crippen LogP contribution >= 0.6 is 0 Å². The maximum atomic E-state index is 13.5. The van der Waals surface area contributed by atoms with Gasteiger partial charge < -0.3 is 25.2 Å². The van der Waals surface area contributed by atoms with Crippen LogP contribution < -0.4 is 20.1 Å². The van der Waals surface area contributed by atoms with Crippen LogP contribution in [0.2, 0.25) is 0 Å². The van der Waals surface area contributed by atoms with E-state index in [1.54, 1.807) is 18.2 Å². The van der Waals surface area contributed by atoms with Gasteiger partial charge in [0.2, 0.25) is 0 Å². The van der Waals surface area contributed by atoms with Gasteiger partial charge in [0.25, 0.3) is 0 Å².